The SMILES string of the molecule is C[C@H](c1cc2ccc(C#N)cc2[nH]1)C1CCCN1C(=O)[C@H](N)c1ccccc1. The van der Waals surface area contributed by atoms with Crippen molar-refractivity contribution < 1.29 is 4.79 Å². The van der Waals surface area contributed by atoms with Crippen molar-refractivity contribution in [1.29, 1.82) is 5.26 Å². The van der Waals surface area contributed by atoms with Crippen molar-refractivity contribution in [2.45, 2.75) is 37.8 Å². The molecule has 28 heavy (non-hydrogen) atoms. The molecule has 4 rings (SSSR count). The summed E-state index contributed by atoms with van der Waals surface area (Å²) in [6.45, 7) is 2.90. The Morgan fingerprint density at radius 1 is 1.25 bits per heavy atom. The summed E-state index contributed by atoms with van der Waals surface area (Å²) in [6, 6.07) is 19.0. The molecule has 0 radical (unpaired) electrons. The molecule has 1 saturated heterocycles. The van der Waals surface area contributed by atoms with E-state index in [1.54, 1.807) is 0 Å². The van der Waals surface area contributed by atoms with Crippen LogP contribution in [-0.4, -0.2) is 28.4 Å². The van der Waals surface area contributed by atoms with Gasteiger partial charge in [0.1, 0.15) is 6.04 Å². The van der Waals surface area contributed by atoms with Gasteiger partial charge >= 0.3 is 0 Å². The van der Waals surface area contributed by atoms with Crippen molar-refractivity contribution in [3.63, 3.8) is 0 Å². The molecule has 5 heteroatoms. The summed E-state index contributed by atoms with van der Waals surface area (Å²) in [5.74, 6) is 0.149. The number of nitrogens with one attached hydrogen (secondary N) is 1. The maximum Gasteiger partial charge on any atom is 0.244 e. The van der Waals surface area contributed by atoms with E-state index in [1.165, 1.54) is 0 Å². The third-order valence-corrected chi connectivity index (χ3v) is 5.85. The van der Waals surface area contributed by atoms with Crippen LogP contribution in [0.2, 0.25) is 0 Å². The monoisotopic (exact) mass is 372 g/mol. The van der Waals surface area contributed by atoms with E-state index < -0.39 is 6.04 Å². The van der Waals surface area contributed by atoms with Gasteiger partial charge in [0.2, 0.25) is 5.91 Å². The van der Waals surface area contributed by atoms with Gasteiger partial charge in [0.25, 0.3) is 0 Å². The number of nitrogens with zero attached hydrogens (tertiary/aromatic N) is 2. The van der Waals surface area contributed by atoms with Crippen LogP contribution in [0.1, 0.15) is 48.5 Å². The fourth-order valence-electron chi connectivity index (χ4n) is 4.24. The average Bonchev–Trinajstić information content (AvgIpc) is 3.39. The summed E-state index contributed by atoms with van der Waals surface area (Å²) in [6.07, 6.45) is 1.95. The van der Waals surface area contributed by atoms with E-state index in [2.05, 4.69) is 24.0 Å². The number of nitriles is 1. The van der Waals surface area contributed by atoms with Gasteiger partial charge in [0, 0.05) is 29.7 Å². The van der Waals surface area contributed by atoms with Crippen LogP contribution in [0, 0.1) is 11.3 Å². The van der Waals surface area contributed by atoms with Crippen LogP contribution < -0.4 is 5.73 Å². The molecule has 142 valence electrons. The van der Waals surface area contributed by atoms with Gasteiger partial charge in [-0.3, -0.25) is 4.79 Å². The number of carbonyl (C=O) groups excluding carboxylic acids is 1. The molecule has 0 spiro atoms. The summed E-state index contributed by atoms with van der Waals surface area (Å²) in [7, 11) is 0. The first kappa shape index (κ1) is 18.3. The lowest BCUT2D eigenvalue weighted by atomic mass is 9.95. The highest BCUT2D eigenvalue weighted by Gasteiger charge is 2.36. The number of likely N-dealkylation sites (tertiary alicyclic amines) is 1. The Hall–Kier alpha value is -3.10. The molecule has 1 aliphatic rings. The molecule has 3 atom stereocenters. The summed E-state index contributed by atoms with van der Waals surface area (Å²) >= 11 is 0. The van der Waals surface area contributed by atoms with E-state index in [9.17, 15) is 4.79 Å². The fourth-order valence-corrected chi connectivity index (χ4v) is 4.24. The van der Waals surface area contributed by atoms with Gasteiger partial charge in [-0.25, -0.2) is 0 Å². The Morgan fingerprint density at radius 2 is 2.04 bits per heavy atom. The van der Waals surface area contributed by atoms with E-state index in [0.29, 0.717) is 5.56 Å². The highest BCUT2D eigenvalue weighted by Crippen LogP contribution is 2.33. The summed E-state index contributed by atoms with van der Waals surface area (Å²) in [5.41, 5.74) is 9.81. The van der Waals surface area contributed by atoms with Gasteiger partial charge in [0.15, 0.2) is 0 Å². The van der Waals surface area contributed by atoms with Crippen LogP contribution in [0.5, 0.6) is 0 Å². The summed E-state index contributed by atoms with van der Waals surface area (Å²) < 4.78 is 0. The Bertz CT molecular complexity index is 1030. The molecule has 2 aromatic carbocycles. The number of aromatic amines is 1. The quantitative estimate of drug-likeness (QED) is 0.730. The number of hydrogen-bond acceptors (Lipinski definition) is 3. The molecular weight excluding hydrogens is 348 g/mol. The maximum atomic E-state index is 13.1. The first-order valence-corrected chi connectivity index (χ1v) is 9.72. The fraction of sp³-hybridized carbons (Fsp3) is 0.304. The van der Waals surface area contributed by atoms with E-state index in [1.807, 2.05) is 53.4 Å². The van der Waals surface area contributed by atoms with Crippen molar-refractivity contribution in [3.8, 4) is 6.07 Å². The molecule has 0 bridgehead atoms. The van der Waals surface area contributed by atoms with Crippen LogP contribution in [0.3, 0.4) is 0 Å². The van der Waals surface area contributed by atoms with Gasteiger partial charge in [-0.15, -0.1) is 0 Å². The Labute approximate surface area is 164 Å². The standard InChI is InChI=1S/C23H24N4O/c1-15(19-13-18-10-9-16(14-24)12-20(18)26-19)21-8-5-11-27(21)23(28)22(25)17-6-3-2-4-7-17/h2-4,6-7,9-10,12-13,15,21-22,26H,5,8,11,25H2,1H3/t15-,21?,22-/m1/s1. The lowest BCUT2D eigenvalue weighted by molar-refractivity contribution is -0.133. The second-order valence-corrected chi connectivity index (χ2v) is 7.56. The zero-order chi connectivity index (χ0) is 19.7. The van der Waals surface area contributed by atoms with Crippen molar-refractivity contribution in [2.75, 3.05) is 6.54 Å². The number of aromatic nitrogens is 1. The van der Waals surface area contributed by atoms with E-state index in [-0.39, 0.29) is 17.9 Å². The van der Waals surface area contributed by atoms with Gasteiger partial charge < -0.3 is 15.6 Å². The van der Waals surface area contributed by atoms with Gasteiger partial charge in [-0.1, -0.05) is 43.3 Å². The molecule has 3 aromatic rings. The topological polar surface area (TPSA) is 85.9 Å². The lowest BCUT2D eigenvalue weighted by Gasteiger charge is -2.31. The molecular formula is C23H24N4O. The lowest BCUT2D eigenvalue weighted by Crippen LogP contribution is -2.43. The number of fused-ring (bicyclic) bond motifs is 1. The van der Waals surface area contributed by atoms with Crippen LogP contribution in [0.4, 0.5) is 0 Å². The largest absolute Gasteiger partial charge is 0.358 e. The maximum absolute atomic E-state index is 13.1. The van der Waals surface area contributed by atoms with Crippen molar-refractivity contribution in [3.05, 3.63) is 71.4 Å². The first-order chi connectivity index (χ1) is 13.6. The minimum Gasteiger partial charge on any atom is -0.358 e. The molecule has 2 heterocycles. The number of benzene rings is 2. The highest BCUT2D eigenvalue weighted by atomic mass is 16.2. The molecule has 1 amide bonds. The molecule has 5 nitrogen and oxygen atoms in total. The Morgan fingerprint density at radius 3 is 2.79 bits per heavy atom. The van der Waals surface area contributed by atoms with Crippen LogP contribution in [0.25, 0.3) is 10.9 Å². The number of rotatable bonds is 4. The van der Waals surface area contributed by atoms with E-state index in [4.69, 9.17) is 11.0 Å². The second-order valence-electron chi connectivity index (χ2n) is 7.56. The van der Waals surface area contributed by atoms with Crippen LogP contribution >= 0.6 is 0 Å². The molecule has 0 aliphatic carbocycles. The van der Waals surface area contributed by atoms with Crippen molar-refractivity contribution in [2.24, 2.45) is 5.73 Å². The molecule has 1 fully saturated rings. The van der Waals surface area contributed by atoms with E-state index >= 15 is 0 Å². The predicted octanol–water partition coefficient (Wildman–Crippen LogP) is 3.83. The number of H-pyrrole nitrogens is 1. The summed E-state index contributed by atoms with van der Waals surface area (Å²) in [4.78, 5) is 18.5. The van der Waals surface area contributed by atoms with Crippen molar-refractivity contribution in [1.82, 2.24) is 9.88 Å². The third-order valence-electron chi connectivity index (χ3n) is 5.85. The summed E-state index contributed by atoms with van der Waals surface area (Å²) in [5, 5.41) is 10.2. The average molecular weight is 372 g/mol. The minimum atomic E-state index is -0.630. The van der Waals surface area contributed by atoms with Crippen LogP contribution in [-0.2, 0) is 4.79 Å². The van der Waals surface area contributed by atoms with Gasteiger partial charge in [-0.2, -0.15) is 5.26 Å². The molecule has 3 N–H and O–H groups in total. The normalized spacial score (nSPS) is 18.8. The second kappa shape index (κ2) is 7.49. The minimum absolute atomic E-state index is 0.0107. The van der Waals surface area contributed by atoms with Crippen LogP contribution in [0.15, 0.2) is 54.6 Å². The molecule has 1 unspecified atom stereocenters. The van der Waals surface area contributed by atoms with Gasteiger partial charge in [-0.05, 0) is 42.0 Å². The predicted molar refractivity (Wildman–Crippen MR) is 110 cm³/mol. The molecule has 0 saturated carbocycles. The first-order valence-electron chi connectivity index (χ1n) is 9.72. The van der Waals surface area contributed by atoms with Gasteiger partial charge in [0.05, 0.1) is 11.6 Å². The zero-order valence-electron chi connectivity index (χ0n) is 15.9. The molecule has 1 aromatic heterocycles. The molecule has 1 aliphatic heterocycles. The number of carbonyl (C=O) groups is 1. The zero-order valence-corrected chi connectivity index (χ0v) is 15.9. The third kappa shape index (κ3) is 3.28. The highest BCUT2D eigenvalue weighted by molar-refractivity contribution is 5.84. The number of nitrogens with two attached hydrogens (primary N) is 1. The Kier molecular flexibility index (Phi) is 4.89. The van der Waals surface area contributed by atoms with Crippen molar-refractivity contribution >= 4 is 16.8 Å². The van der Waals surface area contributed by atoms with E-state index in [0.717, 1.165) is 41.5 Å². The number of amides is 1. The Balaban J connectivity index is 1.57. The number of hydrogen-bond donors (Lipinski definition) is 2. The smallest absolute Gasteiger partial charge is 0.244 e.